The highest BCUT2D eigenvalue weighted by molar-refractivity contribution is 8.16. The molecule has 0 spiro atoms. The van der Waals surface area contributed by atoms with E-state index in [1.54, 1.807) is 23.9 Å². The highest BCUT2D eigenvalue weighted by Gasteiger charge is 2.32. The second-order valence-electron chi connectivity index (χ2n) is 5.90. The quantitative estimate of drug-likeness (QED) is 0.859. The van der Waals surface area contributed by atoms with Gasteiger partial charge < -0.3 is 10.2 Å². The maximum atomic E-state index is 12.5. The van der Waals surface area contributed by atoms with Crippen molar-refractivity contribution in [1.29, 1.82) is 0 Å². The fourth-order valence-electron chi connectivity index (χ4n) is 2.77. The number of hydrogen-bond acceptors (Lipinski definition) is 5. The van der Waals surface area contributed by atoms with Crippen molar-refractivity contribution in [2.75, 3.05) is 18.4 Å². The van der Waals surface area contributed by atoms with Crippen LogP contribution in [0, 0.1) is 0 Å². The summed E-state index contributed by atoms with van der Waals surface area (Å²) in [6.45, 7) is 1.64. The molecule has 138 valence electrons. The third kappa shape index (κ3) is 3.55. The molecule has 2 aliphatic heterocycles. The summed E-state index contributed by atoms with van der Waals surface area (Å²) >= 11 is 1.59. The topological polar surface area (TPSA) is 57.6 Å². The van der Waals surface area contributed by atoms with Crippen LogP contribution in [0.2, 0.25) is 0 Å². The van der Waals surface area contributed by atoms with Crippen molar-refractivity contribution in [3.8, 4) is 0 Å². The molecule has 27 heavy (non-hydrogen) atoms. The van der Waals surface area contributed by atoms with Crippen molar-refractivity contribution in [3.05, 3.63) is 64.8 Å². The van der Waals surface area contributed by atoms with Gasteiger partial charge in [-0.1, -0.05) is 23.9 Å². The van der Waals surface area contributed by atoms with E-state index in [0.29, 0.717) is 5.69 Å². The van der Waals surface area contributed by atoms with E-state index in [1.165, 1.54) is 0 Å². The molecule has 1 aromatic carbocycles. The van der Waals surface area contributed by atoms with Gasteiger partial charge in [-0.15, -0.1) is 0 Å². The maximum absolute atomic E-state index is 12.5. The number of pyridine rings is 1. The Balaban J connectivity index is 1.44. The van der Waals surface area contributed by atoms with Crippen LogP contribution in [0.3, 0.4) is 0 Å². The van der Waals surface area contributed by atoms with Crippen LogP contribution in [0.15, 0.2) is 53.0 Å². The number of rotatable bonds is 3. The number of amides is 1. The lowest BCUT2D eigenvalue weighted by Crippen LogP contribution is -2.19. The molecule has 4 rings (SSSR count). The Morgan fingerprint density at radius 3 is 2.59 bits per heavy atom. The summed E-state index contributed by atoms with van der Waals surface area (Å²) in [7, 11) is 0. The lowest BCUT2D eigenvalue weighted by Gasteiger charge is -2.16. The maximum Gasteiger partial charge on any atom is 0.433 e. The van der Waals surface area contributed by atoms with E-state index >= 15 is 0 Å². The molecule has 1 N–H and O–H groups in total. The molecule has 0 bridgehead atoms. The molecular formula is C18H13F3N4OS. The normalized spacial score (nSPS) is 16.0. The van der Waals surface area contributed by atoms with Gasteiger partial charge in [0, 0.05) is 23.8 Å². The minimum absolute atomic E-state index is 0.0555. The van der Waals surface area contributed by atoms with Crippen molar-refractivity contribution >= 4 is 34.2 Å². The van der Waals surface area contributed by atoms with Crippen molar-refractivity contribution < 1.29 is 18.0 Å². The molecule has 0 saturated carbocycles. The van der Waals surface area contributed by atoms with E-state index in [0.717, 1.165) is 47.8 Å². The first-order valence-electron chi connectivity index (χ1n) is 8.06. The van der Waals surface area contributed by atoms with Crippen molar-refractivity contribution in [2.45, 2.75) is 6.18 Å². The largest absolute Gasteiger partial charge is 0.433 e. The van der Waals surface area contributed by atoms with Crippen molar-refractivity contribution in [1.82, 2.24) is 9.88 Å². The molecule has 0 aliphatic carbocycles. The third-order valence-corrected chi connectivity index (χ3v) is 5.02. The SMILES string of the molecule is O=C(Nc1ccc(C2=CSC3=NCCN23)cc1)c1ccc(C(F)(F)F)nc1. The monoisotopic (exact) mass is 390 g/mol. The van der Waals surface area contributed by atoms with Gasteiger partial charge in [-0.05, 0) is 29.8 Å². The second-order valence-corrected chi connectivity index (χ2v) is 6.73. The number of carbonyl (C=O) groups excluding carboxylic acids is 1. The number of amidine groups is 1. The number of fused-ring (bicyclic) bond motifs is 1. The number of alkyl halides is 3. The lowest BCUT2D eigenvalue weighted by molar-refractivity contribution is -0.141. The average Bonchev–Trinajstić information content (AvgIpc) is 3.25. The molecule has 2 aliphatic rings. The van der Waals surface area contributed by atoms with Gasteiger partial charge in [0.25, 0.3) is 5.91 Å². The van der Waals surface area contributed by atoms with Crippen LogP contribution in [-0.4, -0.2) is 34.0 Å². The molecule has 2 aromatic rings. The average molecular weight is 390 g/mol. The molecule has 0 fully saturated rings. The molecule has 0 atom stereocenters. The van der Waals surface area contributed by atoms with Gasteiger partial charge >= 0.3 is 6.18 Å². The highest BCUT2D eigenvalue weighted by Crippen LogP contribution is 2.35. The van der Waals surface area contributed by atoms with Crippen LogP contribution >= 0.6 is 11.8 Å². The molecule has 1 amide bonds. The molecule has 0 unspecified atom stereocenters. The van der Waals surface area contributed by atoms with Crippen LogP contribution < -0.4 is 5.32 Å². The number of aromatic nitrogens is 1. The summed E-state index contributed by atoms with van der Waals surface area (Å²) in [6, 6.07) is 9.16. The van der Waals surface area contributed by atoms with E-state index in [9.17, 15) is 18.0 Å². The lowest BCUT2D eigenvalue weighted by atomic mass is 10.1. The number of anilines is 1. The number of benzene rings is 1. The number of aliphatic imine (C=N–C) groups is 1. The predicted octanol–water partition coefficient (Wildman–Crippen LogP) is 4.07. The van der Waals surface area contributed by atoms with E-state index in [2.05, 4.69) is 20.2 Å². The fraction of sp³-hybridized carbons (Fsp3) is 0.167. The Hall–Kier alpha value is -2.81. The fourth-order valence-corrected chi connectivity index (χ4v) is 3.73. The molecule has 3 heterocycles. The van der Waals surface area contributed by atoms with Gasteiger partial charge in [-0.2, -0.15) is 13.2 Å². The van der Waals surface area contributed by atoms with Gasteiger partial charge in [0.2, 0.25) is 0 Å². The van der Waals surface area contributed by atoms with Crippen LogP contribution in [0.4, 0.5) is 18.9 Å². The Labute approximate surface area is 157 Å². The van der Waals surface area contributed by atoms with Gasteiger partial charge in [-0.25, -0.2) is 0 Å². The first-order valence-corrected chi connectivity index (χ1v) is 8.94. The van der Waals surface area contributed by atoms with Gasteiger partial charge in [-0.3, -0.25) is 14.8 Å². The Morgan fingerprint density at radius 1 is 1.15 bits per heavy atom. The molecule has 1 aromatic heterocycles. The summed E-state index contributed by atoms with van der Waals surface area (Å²) in [5.41, 5.74) is 1.64. The minimum Gasteiger partial charge on any atom is -0.322 e. The standard InChI is InChI=1S/C18H13F3N4OS/c19-18(20,21)15-6-3-12(9-23-15)16(26)24-13-4-1-11(2-5-13)14-10-27-17-22-7-8-25(14)17/h1-6,9-10H,7-8H2,(H,24,26). The number of hydrogen-bond donors (Lipinski definition) is 1. The zero-order valence-electron chi connectivity index (χ0n) is 13.8. The van der Waals surface area contributed by atoms with Crippen LogP contribution in [-0.2, 0) is 6.18 Å². The number of thioether (sulfide) groups is 1. The van der Waals surface area contributed by atoms with E-state index in [1.807, 2.05) is 17.5 Å². The van der Waals surface area contributed by atoms with E-state index in [4.69, 9.17) is 0 Å². The van der Waals surface area contributed by atoms with Crippen molar-refractivity contribution in [3.63, 3.8) is 0 Å². The Kier molecular flexibility index (Phi) is 4.39. The zero-order valence-corrected chi connectivity index (χ0v) is 14.6. The van der Waals surface area contributed by atoms with E-state index in [-0.39, 0.29) is 5.56 Å². The third-order valence-electron chi connectivity index (χ3n) is 4.12. The zero-order chi connectivity index (χ0) is 19.0. The summed E-state index contributed by atoms with van der Waals surface area (Å²) in [5, 5.41) is 5.70. The van der Waals surface area contributed by atoms with Gasteiger partial charge in [0.1, 0.15) is 5.69 Å². The summed E-state index contributed by atoms with van der Waals surface area (Å²) in [5.74, 6) is -0.520. The molecular weight excluding hydrogens is 377 g/mol. The minimum atomic E-state index is -4.53. The van der Waals surface area contributed by atoms with Crippen LogP contribution in [0.5, 0.6) is 0 Å². The van der Waals surface area contributed by atoms with Crippen LogP contribution in [0.1, 0.15) is 21.6 Å². The number of carbonyl (C=O) groups is 1. The molecule has 0 radical (unpaired) electrons. The van der Waals surface area contributed by atoms with Gasteiger partial charge in [0.05, 0.1) is 17.8 Å². The molecule has 5 nitrogen and oxygen atoms in total. The summed E-state index contributed by atoms with van der Waals surface area (Å²) < 4.78 is 37.6. The van der Waals surface area contributed by atoms with Crippen LogP contribution in [0.25, 0.3) is 5.70 Å². The Morgan fingerprint density at radius 2 is 1.93 bits per heavy atom. The first-order chi connectivity index (χ1) is 12.9. The first kappa shape index (κ1) is 17.6. The Bertz CT molecular complexity index is 937. The number of nitrogens with one attached hydrogen (secondary N) is 1. The van der Waals surface area contributed by atoms with E-state index < -0.39 is 17.8 Å². The summed E-state index contributed by atoms with van der Waals surface area (Å²) in [6.07, 6.45) is -3.61. The highest BCUT2D eigenvalue weighted by atomic mass is 32.2. The second kappa shape index (κ2) is 6.73. The smallest absolute Gasteiger partial charge is 0.322 e. The number of halogens is 3. The predicted molar refractivity (Wildman–Crippen MR) is 98.2 cm³/mol. The van der Waals surface area contributed by atoms with Gasteiger partial charge in [0.15, 0.2) is 5.17 Å². The molecule has 0 saturated heterocycles. The number of nitrogens with zero attached hydrogens (tertiary/aromatic N) is 3. The van der Waals surface area contributed by atoms with Crippen molar-refractivity contribution in [2.24, 2.45) is 4.99 Å². The summed E-state index contributed by atoms with van der Waals surface area (Å²) in [4.78, 5) is 22.0. The molecule has 9 heteroatoms.